The lowest BCUT2D eigenvalue weighted by Crippen LogP contribution is -2.19. The van der Waals surface area contributed by atoms with E-state index in [9.17, 15) is 0 Å². The molecule has 2 rings (SSSR count). The molecule has 0 unspecified atom stereocenters. The molecule has 1 aromatic carbocycles. The first kappa shape index (κ1) is 14.9. The lowest BCUT2D eigenvalue weighted by atomic mass is 10.2. The number of nitrogens with zero attached hydrogens (tertiary/aromatic N) is 3. The molecular weight excluding hydrogens is 272 g/mol. The number of hydrogen-bond donors (Lipinski definition) is 1. The van der Waals surface area contributed by atoms with Crippen molar-refractivity contribution in [3.8, 4) is 0 Å². The van der Waals surface area contributed by atoms with Gasteiger partial charge in [0, 0.05) is 43.7 Å². The summed E-state index contributed by atoms with van der Waals surface area (Å²) in [5.41, 5.74) is 2.22. The molecule has 108 valence electrons. The molecule has 0 atom stereocenters. The van der Waals surface area contributed by atoms with Gasteiger partial charge in [0.15, 0.2) is 0 Å². The van der Waals surface area contributed by atoms with Gasteiger partial charge in [0.1, 0.15) is 5.82 Å². The minimum absolute atomic E-state index is 0.756. The third-order valence-corrected chi connectivity index (χ3v) is 3.69. The Morgan fingerprint density at radius 3 is 2.80 bits per heavy atom. The number of hydrogen-bond acceptors (Lipinski definition) is 3. The van der Waals surface area contributed by atoms with Gasteiger partial charge in [0.25, 0.3) is 0 Å². The van der Waals surface area contributed by atoms with Crippen LogP contribution in [0, 0.1) is 0 Å². The van der Waals surface area contributed by atoms with Gasteiger partial charge >= 0.3 is 0 Å². The Morgan fingerprint density at radius 2 is 2.20 bits per heavy atom. The quantitative estimate of drug-likeness (QED) is 0.889. The fraction of sp³-hybridized carbons (Fsp3) is 0.400. The second kappa shape index (κ2) is 6.77. The molecule has 1 aromatic heterocycles. The highest BCUT2D eigenvalue weighted by atomic mass is 35.5. The number of rotatable bonds is 6. The van der Waals surface area contributed by atoms with E-state index in [0.29, 0.717) is 0 Å². The maximum absolute atomic E-state index is 6.33. The van der Waals surface area contributed by atoms with Gasteiger partial charge in [-0.2, -0.15) is 0 Å². The predicted octanol–water partition coefficient (Wildman–Crippen LogP) is 2.82. The van der Waals surface area contributed by atoms with E-state index in [1.54, 1.807) is 0 Å². The predicted molar refractivity (Wildman–Crippen MR) is 84.1 cm³/mol. The van der Waals surface area contributed by atoms with Crippen LogP contribution in [-0.2, 0) is 20.1 Å². The number of aromatic nitrogens is 2. The van der Waals surface area contributed by atoms with E-state index in [-0.39, 0.29) is 0 Å². The smallest absolute Gasteiger partial charge is 0.127 e. The van der Waals surface area contributed by atoms with Crippen molar-refractivity contribution >= 4 is 17.3 Å². The first-order chi connectivity index (χ1) is 9.61. The fourth-order valence-corrected chi connectivity index (χ4v) is 2.27. The molecule has 0 saturated heterocycles. The molecule has 0 saturated carbocycles. The van der Waals surface area contributed by atoms with E-state index in [2.05, 4.69) is 34.3 Å². The highest BCUT2D eigenvalue weighted by molar-refractivity contribution is 6.31. The number of benzene rings is 1. The number of nitrogens with one attached hydrogen (secondary N) is 1. The van der Waals surface area contributed by atoms with Crippen LogP contribution in [0.4, 0.5) is 5.69 Å². The maximum atomic E-state index is 6.33. The molecule has 4 nitrogen and oxygen atoms in total. The molecule has 0 aliphatic carbocycles. The molecule has 0 amide bonds. The Morgan fingerprint density at radius 1 is 1.40 bits per heavy atom. The number of halogens is 1. The lowest BCUT2D eigenvalue weighted by Gasteiger charge is -2.20. The minimum atomic E-state index is 0.756. The molecule has 0 bridgehead atoms. The van der Waals surface area contributed by atoms with E-state index in [1.807, 2.05) is 37.1 Å². The van der Waals surface area contributed by atoms with Crippen LogP contribution in [0.15, 0.2) is 30.6 Å². The van der Waals surface area contributed by atoms with E-state index in [0.717, 1.165) is 41.7 Å². The van der Waals surface area contributed by atoms with Crippen molar-refractivity contribution in [2.75, 3.05) is 18.5 Å². The summed E-state index contributed by atoms with van der Waals surface area (Å²) >= 11 is 6.33. The maximum Gasteiger partial charge on any atom is 0.127 e. The largest absolute Gasteiger partial charge is 0.367 e. The highest BCUT2D eigenvalue weighted by Gasteiger charge is 2.08. The number of imidazole rings is 1. The van der Waals surface area contributed by atoms with Crippen molar-refractivity contribution < 1.29 is 0 Å². The van der Waals surface area contributed by atoms with E-state index in [1.165, 1.54) is 0 Å². The molecule has 1 heterocycles. The third kappa shape index (κ3) is 3.52. The summed E-state index contributed by atoms with van der Waals surface area (Å²) in [6.45, 7) is 4.59. The van der Waals surface area contributed by atoms with Crippen molar-refractivity contribution in [1.29, 1.82) is 0 Å². The first-order valence-corrected chi connectivity index (χ1v) is 7.16. The van der Waals surface area contributed by atoms with E-state index in [4.69, 9.17) is 11.6 Å². The summed E-state index contributed by atoms with van der Waals surface area (Å²) in [4.78, 5) is 6.48. The molecule has 5 heteroatoms. The Hall–Kier alpha value is -1.52. The molecule has 2 aromatic rings. The van der Waals surface area contributed by atoms with Gasteiger partial charge in [-0.05, 0) is 24.2 Å². The van der Waals surface area contributed by atoms with Crippen molar-refractivity contribution in [1.82, 2.24) is 14.9 Å². The van der Waals surface area contributed by atoms with Gasteiger partial charge in [-0.25, -0.2) is 4.98 Å². The molecule has 20 heavy (non-hydrogen) atoms. The minimum Gasteiger partial charge on any atom is -0.367 e. The van der Waals surface area contributed by atoms with Gasteiger partial charge in [-0.1, -0.05) is 24.6 Å². The van der Waals surface area contributed by atoms with Crippen LogP contribution in [0.3, 0.4) is 0 Å². The third-order valence-electron chi connectivity index (χ3n) is 3.34. The topological polar surface area (TPSA) is 33.1 Å². The van der Waals surface area contributed by atoms with E-state index >= 15 is 0 Å². The Labute approximate surface area is 125 Å². The van der Waals surface area contributed by atoms with Crippen molar-refractivity contribution in [3.05, 3.63) is 47.0 Å². The Bertz CT molecular complexity index is 565. The first-order valence-electron chi connectivity index (χ1n) is 6.78. The number of anilines is 1. The monoisotopic (exact) mass is 292 g/mol. The lowest BCUT2D eigenvalue weighted by molar-refractivity contribution is 0.726. The van der Waals surface area contributed by atoms with Gasteiger partial charge in [0.05, 0.1) is 6.54 Å². The van der Waals surface area contributed by atoms with Gasteiger partial charge in [-0.3, -0.25) is 0 Å². The van der Waals surface area contributed by atoms with Gasteiger partial charge in [0.2, 0.25) is 0 Å². The summed E-state index contributed by atoms with van der Waals surface area (Å²) in [7, 11) is 4.05. The summed E-state index contributed by atoms with van der Waals surface area (Å²) in [6, 6.07) is 6.19. The molecule has 0 radical (unpaired) electrons. The van der Waals surface area contributed by atoms with Crippen molar-refractivity contribution in [2.24, 2.45) is 7.05 Å². The van der Waals surface area contributed by atoms with E-state index < -0.39 is 0 Å². The SMILES string of the molecule is CCNCc1ccc(N(C)Cc2nccn2C)cc1Cl. The normalized spacial score (nSPS) is 10.8. The zero-order chi connectivity index (χ0) is 14.5. The van der Waals surface area contributed by atoms with Crippen LogP contribution in [0.2, 0.25) is 5.02 Å². The summed E-state index contributed by atoms with van der Waals surface area (Å²) in [6.07, 6.45) is 3.77. The van der Waals surface area contributed by atoms with Crippen molar-refractivity contribution in [2.45, 2.75) is 20.0 Å². The second-order valence-electron chi connectivity index (χ2n) is 4.87. The zero-order valence-electron chi connectivity index (χ0n) is 12.2. The average Bonchev–Trinajstić information content (AvgIpc) is 2.83. The molecule has 0 aliphatic rings. The molecular formula is C15H21ClN4. The zero-order valence-corrected chi connectivity index (χ0v) is 13.0. The van der Waals surface area contributed by atoms with Crippen LogP contribution in [0.1, 0.15) is 18.3 Å². The molecule has 0 fully saturated rings. The van der Waals surface area contributed by atoms with Crippen molar-refractivity contribution in [3.63, 3.8) is 0 Å². The standard InChI is InChI=1S/C15H21ClN4/c1-4-17-10-12-5-6-13(9-14(12)16)20(3)11-15-18-7-8-19(15)2/h5-9,17H,4,10-11H2,1-3H3. The molecule has 0 aliphatic heterocycles. The molecule has 0 spiro atoms. The van der Waals surface area contributed by atoms with Gasteiger partial charge < -0.3 is 14.8 Å². The summed E-state index contributed by atoms with van der Waals surface area (Å²) in [5, 5.41) is 4.09. The summed E-state index contributed by atoms with van der Waals surface area (Å²) in [5.74, 6) is 1.03. The summed E-state index contributed by atoms with van der Waals surface area (Å²) < 4.78 is 2.03. The van der Waals surface area contributed by atoms with Gasteiger partial charge in [-0.15, -0.1) is 0 Å². The second-order valence-corrected chi connectivity index (χ2v) is 5.27. The van der Waals surface area contributed by atoms with Crippen LogP contribution < -0.4 is 10.2 Å². The molecule has 1 N–H and O–H groups in total. The Balaban J connectivity index is 2.08. The van der Waals surface area contributed by atoms with Crippen LogP contribution in [0.5, 0.6) is 0 Å². The average molecular weight is 293 g/mol. The van der Waals surface area contributed by atoms with Crippen LogP contribution in [-0.4, -0.2) is 23.1 Å². The van der Waals surface area contributed by atoms with Crippen LogP contribution >= 0.6 is 11.6 Å². The highest BCUT2D eigenvalue weighted by Crippen LogP contribution is 2.24. The fourth-order valence-electron chi connectivity index (χ4n) is 2.03. The Kier molecular flexibility index (Phi) is 5.04. The number of aryl methyl sites for hydroxylation is 1. The van der Waals surface area contributed by atoms with Crippen LogP contribution in [0.25, 0.3) is 0 Å².